The molecule has 1 unspecified atom stereocenters. The zero-order valence-corrected chi connectivity index (χ0v) is 12.6. The van der Waals surface area contributed by atoms with E-state index >= 15 is 0 Å². The molecule has 0 bridgehead atoms. The van der Waals surface area contributed by atoms with Crippen molar-refractivity contribution < 1.29 is 13.2 Å². The Kier molecular flexibility index (Phi) is 5.25. The third-order valence-electron chi connectivity index (χ3n) is 3.49. The first kappa shape index (κ1) is 15.1. The maximum absolute atomic E-state index is 12.1. The van der Waals surface area contributed by atoms with Gasteiger partial charge in [-0.05, 0) is 37.9 Å². The van der Waals surface area contributed by atoms with E-state index in [1.165, 1.54) is 12.8 Å². The predicted octanol–water partition coefficient (Wildman–Crippen LogP) is 1.97. The molecule has 1 fully saturated rings. The van der Waals surface area contributed by atoms with E-state index in [9.17, 15) is 8.42 Å². The molecule has 0 amide bonds. The maximum atomic E-state index is 12.1. The normalized spacial score (nSPS) is 19.6. The van der Waals surface area contributed by atoms with Crippen LogP contribution in [0.25, 0.3) is 0 Å². The molecular formula is C14H22N2O3S. The van der Waals surface area contributed by atoms with Crippen LogP contribution in [0.1, 0.15) is 25.7 Å². The predicted molar refractivity (Wildman–Crippen MR) is 80.7 cm³/mol. The quantitative estimate of drug-likeness (QED) is 0.842. The van der Waals surface area contributed by atoms with E-state index in [1.807, 2.05) is 0 Å². The Morgan fingerprint density at radius 2 is 2.25 bits per heavy atom. The van der Waals surface area contributed by atoms with Gasteiger partial charge < -0.3 is 10.1 Å². The van der Waals surface area contributed by atoms with Crippen molar-refractivity contribution in [1.29, 1.82) is 0 Å². The molecule has 2 N–H and O–H groups in total. The van der Waals surface area contributed by atoms with Gasteiger partial charge in [0, 0.05) is 12.1 Å². The van der Waals surface area contributed by atoms with Crippen molar-refractivity contribution in [2.75, 3.05) is 24.1 Å². The summed E-state index contributed by atoms with van der Waals surface area (Å²) in [5.41, 5.74) is 0.543. The van der Waals surface area contributed by atoms with Crippen LogP contribution in [0.4, 0.5) is 5.69 Å². The van der Waals surface area contributed by atoms with E-state index in [0.29, 0.717) is 23.9 Å². The van der Waals surface area contributed by atoms with Crippen LogP contribution in [-0.4, -0.2) is 33.9 Å². The average molecular weight is 298 g/mol. The van der Waals surface area contributed by atoms with Crippen molar-refractivity contribution in [3.05, 3.63) is 24.3 Å². The van der Waals surface area contributed by atoms with Gasteiger partial charge in [-0.1, -0.05) is 12.5 Å². The molecule has 5 nitrogen and oxygen atoms in total. The lowest BCUT2D eigenvalue weighted by Crippen LogP contribution is -2.36. The fraction of sp³-hybridized carbons (Fsp3) is 0.571. The van der Waals surface area contributed by atoms with Gasteiger partial charge in [-0.2, -0.15) is 0 Å². The minimum atomic E-state index is -3.30. The number of sulfonamides is 1. The summed E-state index contributed by atoms with van der Waals surface area (Å²) in [6.07, 6.45) is 4.08. The molecule has 0 saturated carbocycles. The fourth-order valence-corrected chi connectivity index (χ4v) is 3.57. The largest absolute Gasteiger partial charge is 0.497 e. The van der Waals surface area contributed by atoms with Gasteiger partial charge in [0.15, 0.2) is 0 Å². The highest BCUT2D eigenvalue weighted by Gasteiger charge is 2.17. The Bertz CT molecular complexity index is 525. The van der Waals surface area contributed by atoms with Crippen molar-refractivity contribution in [2.45, 2.75) is 31.7 Å². The highest BCUT2D eigenvalue weighted by Crippen LogP contribution is 2.18. The van der Waals surface area contributed by atoms with Crippen molar-refractivity contribution in [3.63, 3.8) is 0 Å². The van der Waals surface area contributed by atoms with Crippen LogP contribution in [0, 0.1) is 0 Å². The average Bonchev–Trinajstić information content (AvgIpc) is 2.46. The van der Waals surface area contributed by atoms with Gasteiger partial charge in [-0.15, -0.1) is 0 Å². The summed E-state index contributed by atoms with van der Waals surface area (Å²) in [5, 5.41) is 3.36. The number of hydrogen-bond acceptors (Lipinski definition) is 4. The lowest BCUT2D eigenvalue weighted by molar-refractivity contribution is 0.393. The highest BCUT2D eigenvalue weighted by molar-refractivity contribution is 7.92. The highest BCUT2D eigenvalue weighted by atomic mass is 32.2. The van der Waals surface area contributed by atoms with Gasteiger partial charge in [-0.3, -0.25) is 4.72 Å². The van der Waals surface area contributed by atoms with Crippen LogP contribution in [0.3, 0.4) is 0 Å². The Morgan fingerprint density at radius 3 is 2.95 bits per heavy atom. The minimum absolute atomic E-state index is 0.141. The summed E-state index contributed by atoms with van der Waals surface area (Å²) in [7, 11) is -1.75. The van der Waals surface area contributed by atoms with E-state index in [1.54, 1.807) is 31.4 Å². The maximum Gasteiger partial charge on any atom is 0.232 e. The zero-order chi connectivity index (χ0) is 14.4. The Morgan fingerprint density at radius 1 is 1.40 bits per heavy atom. The van der Waals surface area contributed by atoms with Gasteiger partial charge in [0.1, 0.15) is 5.75 Å². The molecule has 0 spiro atoms. The van der Waals surface area contributed by atoms with Crippen LogP contribution in [0.15, 0.2) is 24.3 Å². The first-order chi connectivity index (χ1) is 9.59. The molecule has 1 atom stereocenters. The molecule has 1 aromatic carbocycles. The van der Waals surface area contributed by atoms with E-state index in [0.717, 1.165) is 13.0 Å². The minimum Gasteiger partial charge on any atom is -0.497 e. The number of hydrogen-bond donors (Lipinski definition) is 2. The number of nitrogens with one attached hydrogen (secondary N) is 2. The monoisotopic (exact) mass is 298 g/mol. The van der Waals surface area contributed by atoms with Crippen molar-refractivity contribution in [2.24, 2.45) is 0 Å². The molecule has 6 heteroatoms. The molecule has 1 aromatic rings. The topological polar surface area (TPSA) is 67.4 Å². The summed E-state index contributed by atoms with van der Waals surface area (Å²) in [5.74, 6) is 0.779. The van der Waals surface area contributed by atoms with Crippen LogP contribution in [0.5, 0.6) is 5.75 Å². The van der Waals surface area contributed by atoms with Crippen molar-refractivity contribution in [1.82, 2.24) is 5.32 Å². The van der Waals surface area contributed by atoms with Crippen LogP contribution in [-0.2, 0) is 10.0 Å². The lowest BCUT2D eigenvalue weighted by atomic mass is 10.0. The number of rotatable bonds is 6. The third-order valence-corrected chi connectivity index (χ3v) is 4.81. The summed E-state index contributed by atoms with van der Waals surface area (Å²) < 4.78 is 31.8. The standard InChI is InChI=1S/C14H22N2O3S/c1-19-14-7-4-6-13(11-14)16-20(17,18)10-8-12-5-2-3-9-15-12/h4,6-7,11-12,15-16H,2-3,5,8-10H2,1H3. The summed E-state index contributed by atoms with van der Waals surface area (Å²) in [6.45, 7) is 0.994. The van der Waals surface area contributed by atoms with Crippen LogP contribution < -0.4 is 14.8 Å². The second-order valence-corrected chi connectivity index (χ2v) is 6.93. The van der Waals surface area contributed by atoms with Gasteiger partial charge in [0.2, 0.25) is 10.0 Å². The first-order valence-corrected chi connectivity index (χ1v) is 8.62. The van der Waals surface area contributed by atoms with E-state index in [4.69, 9.17) is 4.74 Å². The summed E-state index contributed by atoms with van der Waals surface area (Å²) in [6, 6.07) is 7.27. The number of anilines is 1. The molecule has 20 heavy (non-hydrogen) atoms. The van der Waals surface area contributed by atoms with Crippen molar-refractivity contribution in [3.8, 4) is 5.75 Å². The van der Waals surface area contributed by atoms with Gasteiger partial charge in [-0.25, -0.2) is 8.42 Å². The summed E-state index contributed by atoms with van der Waals surface area (Å²) >= 11 is 0. The number of methoxy groups -OCH3 is 1. The van der Waals surface area contributed by atoms with Crippen molar-refractivity contribution >= 4 is 15.7 Å². The lowest BCUT2D eigenvalue weighted by Gasteiger charge is -2.23. The Balaban J connectivity index is 1.89. The molecule has 0 aliphatic carbocycles. The molecule has 1 aliphatic heterocycles. The Labute approximate surface area is 120 Å². The van der Waals surface area contributed by atoms with Gasteiger partial charge in [0.25, 0.3) is 0 Å². The van der Waals surface area contributed by atoms with E-state index < -0.39 is 10.0 Å². The molecule has 2 rings (SSSR count). The second-order valence-electron chi connectivity index (χ2n) is 5.09. The third kappa shape index (κ3) is 4.68. The molecule has 1 saturated heterocycles. The van der Waals surface area contributed by atoms with Gasteiger partial charge in [0.05, 0.1) is 18.6 Å². The molecule has 112 valence electrons. The number of piperidine rings is 1. The Hall–Kier alpha value is -1.27. The fourth-order valence-electron chi connectivity index (χ4n) is 2.38. The molecule has 0 aromatic heterocycles. The van der Waals surface area contributed by atoms with Gasteiger partial charge >= 0.3 is 0 Å². The number of benzene rings is 1. The zero-order valence-electron chi connectivity index (χ0n) is 11.8. The molecule has 0 radical (unpaired) electrons. The number of ether oxygens (including phenoxy) is 1. The summed E-state index contributed by atoms with van der Waals surface area (Å²) in [4.78, 5) is 0. The smallest absolute Gasteiger partial charge is 0.232 e. The van der Waals surface area contributed by atoms with E-state index in [2.05, 4.69) is 10.0 Å². The second kappa shape index (κ2) is 6.95. The van der Waals surface area contributed by atoms with E-state index in [-0.39, 0.29) is 5.75 Å². The van der Waals surface area contributed by atoms with Crippen LogP contribution >= 0.6 is 0 Å². The molecule has 1 heterocycles. The first-order valence-electron chi connectivity index (χ1n) is 6.97. The SMILES string of the molecule is COc1cccc(NS(=O)(=O)CCC2CCCCN2)c1. The molecule has 1 aliphatic rings. The molecular weight excluding hydrogens is 276 g/mol. The van der Waals surface area contributed by atoms with Crippen LogP contribution in [0.2, 0.25) is 0 Å².